The van der Waals surface area contributed by atoms with Crippen molar-refractivity contribution in [2.75, 3.05) is 0 Å². The number of rotatable bonds is 0. The maximum Gasteiger partial charge on any atom is 0.134 e. The minimum absolute atomic E-state index is 0.223. The van der Waals surface area contributed by atoms with E-state index in [9.17, 15) is 4.39 Å². The molecule has 0 radical (unpaired) electrons. The summed E-state index contributed by atoms with van der Waals surface area (Å²) in [6.07, 6.45) is 1.44. The summed E-state index contributed by atoms with van der Waals surface area (Å²) in [6.45, 7) is 1.82. The van der Waals surface area contributed by atoms with Gasteiger partial charge < -0.3 is 4.42 Å². The zero-order valence-electron chi connectivity index (χ0n) is 6.10. The van der Waals surface area contributed by atoms with Gasteiger partial charge >= 0.3 is 0 Å². The van der Waals surface area contributed by atoms with E-state index in [-0.39, 0.29) is 5.82 Å². The lowest BCUT2D eigenvalue weighted by Gasteiger charge is -1.88. The third-order valence-corrected chi connectivity index (χ3v) is 1.79. The number of hydrogen-bond acceptors (Lipinski definition) is 1. The van der Waals surface area contributed by atoms with E-state index in [1.807, 2.05) is 13.0 Å². The van der Waals surface area contributed by atoms with Crippen LogP contribution in [0.5, 0.6) is 0 Å². The summed E-state index contributed by atoms with van der Waals surface area (Å²) in [5.74, 6) is 0.541. The van der Waals surface area contributed by atoms with Gasteiger partial charge in [0.1, 0.15) is 17.8 Å². The highest BCUT2D eigenvalue weighted by Crippen LogP contribution is 2.22. The first-order chi connectivity index (χ1) is 5.29. The molecule has 0 saturated carbocycles. The van der Waals surface area contributed by atoms with Crippen molar-refractivity contribution in [1.29, 1.82) is 0 Å². The smallest absolute Gasteiger partial charge is 0.134 e. The van der Waals surface area contributed by atoms with Crippen molar-refractivity contribution >= 4 is 10.8 Å². The summed E-state index contributed by atoms with van der Waals surface area (Å²) in [7, 11) is 0. The minimum Gasteiger partial charge on any atom is -0.468 e. The predicted octanol–water partition coefficient (Wildman–Crippen LogP) is 2.88. The van der Waals surface area contributed by atoms with Crippen LogP contribution in [0.2, 0.25) is 0 Å². The number of aryl methyl sites for hydroxylation is 1. The Balaban J connectivity index is 2.94. The van der Waals surface area contributed by atoms with E-state index < -0.39 is 0 Å². The Bertz CT molecular complexity index is 389. The van der Waals surface area contributed by atoms with Crippen LogP contribution in [-0.4, -0.2) is 0 Å². The number of fused-ring (bicyclic) bond motifs is 1. The van der Waals surface area contributed by atoms with E-state index in [0.717, 1.165) is 11.1 Å². The lowest BCUT2D eigenvalue weighted by atomic mass is 10.2. The van der Waals surface area contributed by atoms with Crippen molar-refractivity contribution in [2.24, 2.45) is 0 Å². The topological polar surface area (TPSA) is 13.1 Å². The molecule has 1 aromatic heterocycles. The first-order valence-corrected chi connectivity index (χ1v) is 3.41. The van der Waals surface area contributed by atoms with Gasteiger partial charge in [-0.1, -0.05) is 12.1 Å². The summed E-state index contributed by atoms with van der Waals surface area (Å²) >= 11 is 0. The fourth-order valence-electron chi connectivity index (χ4n) is 1.17. The fraction of sp³-hybridized carbons (Fsp3) is 0.111. The Kier molecular flexibility index (Phi) is 1.22. The fourth-order valence-corrected chi connectivity index (χ4v) is 1.17. The predicted molar refractivity (Wildman–Crippen MR) is 40.9 cm³/mol. The second-order valence-corrected chi connectivity index (χ2v) is 2.49. The molecule has 2 heteroatoms. The number of hydrogen-bond donors (Lipinski definition) is 0. The van der Waals surface area contributed by atoms with Crippen LogP contribution in [0.4, 0.5) is 4.39 Å². The zero-order valence-corrected chi connectivity index (χ0v) is 6.10. The quantitative estimate of drug-likeness (QED) is 0.562. The van der Waals surface area contributed by atoms with Gasteiger partial charge in [0.15, 0.2) is 0 Å². The van der Waals surface area contributed by atoms with E-state index >= 15 is 0 Å². The minimum atomic E-state index is -0.223. The molecule has 0 spiro atoms. The molecule has 0 fully saturated rings. The van der Waals surface area contributed by atoms with Gasteiger partial charge in [0, 0.05) is 5.39 Å². The molecule has 0 N–H and O–H groups in total. The van der Waals surface area contributed by atoms with Crippen molar-refractivity contribution in [2.45, 2.75) is 6.92 Å². The van der Waals surface area contributed by atoms with Crippen molar-refractivity contribution in [1.82, 2.24) is 0 Å². The highest BCUT2D eigenvalue weighted by molar-refractivity contribution is 5.84. The Hall–Kier alpha value is -1.31. The van der Waals surface area contributed by atoms with Gasteiger partial charge in [0.05, 0.1) is 5.39 Å². The first kappa shape index (κ1) is 6.40. The average Bonchev–Trinajstić information content (AvgIpc) is 2.35. The van der Waals surface area contributed by atoms with Crippen LogP contribution in [-0.2, 0) is 0 Å². The van der Waals surface area contributed by atoms with Crippen molar-refractivity contribution < 1.29 is 8.81 Å². The summed E-state index contributed by atoms with van der Waals surface area (Å²) in [4.78, 5) is 0. The maximum absolute atomic E-state index is 12.9. The van der Waals surface area contributed by atoms with Crippen LogP contribution in [0, 0.1) is 12.7 Å². The SMILES string of the molecule is Cc1occ2c(F)cccc12. The Labute approximate surface area is 63.4 Å². The molecule has 0 aliphatic rings. The Morgan fingerprint density at radius 3 is 2.82 bits per heavy atom. The van der Waals surface area contributed by atoms with Crippen LogP contribution in [0.3, 0.4) is 0 Å². The third-order valence-electron chi connectivity index (χ3n) is 1.79. The number of benzene rings is 1. The van der Waals surface area contributed by atoms with Crippen LogP contribution in [0.15, 0.2) is 28.9 Å². The molecule has 2 aromatic rings. The Morgan fingerprint density at radius 2 is 2.09 bits per heavy atom. The summed E-state index contributed by atoms with van der Waals surface area (Å²) < 4.78 is 18.0. The molecule has 1 aromatic carbocycles. The largest absolute Gasteiger partial charge is 0.468 e. The third kappa shape index (κ3) is 0.827. The molecule has 0 amide bonds. The second kappa shape index (κ2) is 2.09. The molecule has 0 bridgehead atoms. The van der Waals surface area contributed by atoms with Crippen molar-refractivity contribution in [3.05, 3.63) is 36.0 Å². The van der Waals surface area contributed by atoms with Gasteiger partial charge in [-0.15, -0.1) is 0 Å². The average molecular weight is 150 g/mol. The number of furan rings is 1. The van der Waals surface area contributed by atoms with E-state index in [1.165, 1.54) is 12.3 Å². The molecule has 11 heavy (non-hydrogen) atoms. The number of halogens is 1. The van der Waals surface area contributed by atoms with Gasteiger partial charge in [0.2, 0.25) is 0 Å². The molecule has 1 heterocycles. The monoisotopic (exact) mass is 150 g/mol. The van der Waals surface area contributed by atoms with Gasteiger partial charge in [-0.2, -0.15) is 0 Å². The molecule has 0 saturated heterocycles. The normalized spacial score (nSPS) is 10.7. The molecule has 0 aliphatic heterocycles. The standard InChI is InChI=1S/C9H7FO/c1-6-7-3-2-4-9(10)8(7)5-11-6/h2-5H,1H3. The molecule has 0 aliphatic carbocycles. The first-order valence-electron chi connectivity index (χ1n) is 3.41. The molecule has 56 valence electrons. The lowest BCUT2D eigenvalue weighted by molar-refractivity contribution is 0.538. The maximum atomic E-state index is 12.9. The summed E-state index contributed by atoms with van der Waals surface area (Å²) in [5, 5.41) is 1.41. The second-order valence-electron chi connectivity index (χ2n) is 2.49. The molecular formula is C9H7FO. The molecule has 0 atom stereocenters. The van der Waals surface area contributed by atoms with Crippen LogP contribution >= 0.6 is 0 Å². The van der Waals surface area contributed by atoms with Gasteiger partial charge in [-0.05, 0) is 13.0 Å². The van der Waals surface area contributed by atoms with Crippen LogP contribution in [0.25, 0.3) is 10.8 Å². The van der Waals surface area contributed by atoms with E-state index in [1.54, 1.807) is 6.07 Å². The zero-order chi connectivity index (χ0) is 7.84. The van der Waals surface area contributed by atoms with Gasteiger partial charge in [-0.3, -0.25) is 0 Å². The lowest BCUT2D eigenvalue weighted by Crippen LogP contribution is -1.73. The molecule has 0 unspecified atom stereocenters. The summed E-state index contributed by atoms with van der Waals surface area (Å²) in [5.41, 5.74) is 0. The van der Waals surface area contributed by atoms with Crippen LogP contribution < -0.4 is 0 Å². The molecular weight excluding hydrogens is 143 g/mol. The molecule has 2 rings (SSSR count). The van der Waals surface area contributed by atoms with E-state index in [0.29, 0.717) is 5.39 Å². The summed E-state index contributed by atoms with van der Waals surface area (Å²) in [6, 6.07) is 4.95. The van der Waals surface area contributed by atoms with Crippen LogP contribution in [0.1, 0.15) is 5.76 Å². The van der Waals surface area contributed by atoms with Gasteiger partial charge in [-0.25, -0.2) is 4.39 Å². The highest BCUT2D eigenvalue weighted by atomic mass is 19.1. The van der Waals surface area contributed by atoms with Crippen molar-refractivity contribution in [3.63, 3.8) is 0 Å². The Morgan fingerprint density at radius 1 is 1.27 bits per heavy atom. The van der Waals surface area contributed by atoms with Crippen molar-refractivity contribution in [3.8, 4) is 0 Å². The highest BCUT2D eigenvalue weighted by Gasteiger charge is 2.04. The van der Waals surface area contributed by atoms with E-state index in [2.05, 4.69) is 0 Å². The van der Waals surface area contributed by atoms with Gasteiger partial charge in [0.25, 0.3) is 0 Å². The van der Waals surface area contributed by atoms with E-state index in [4.69, 9.17) is 4.42 Å². The molecule has 1 nitrogen and oxygen atoms in total.